The molecule has 0 bridgehead atoms. The van der Waals surface area contributed by atoms with Gasteiger partial charge >= 0.3 is 0 Å². The first kappa shape index (κ1) is 15.1. The van der Waals surface area contributed by atoms with Crippen LogP contribution in [0.3, 0.4) is 0 Å². The van der Waals surface area contributed by atoms with E-state index in [0.717, 1.165) is 6.42 Å². The van der Waals surface area contributed by atoms with Crippen molar-refractivity contribution < 1.29 is 15.0 Å². The predicted octanol–water partition coefficient (Wildman–Crippen LogP) is 2.50. The van der Waals surface area contributed by atoms with Gasteiger partial charge in [-0.15, -0.1) is 0 Å². The molecule has 1 atom stereocenters. The van der Waals surface area contributed by atoms with Crippen molar-refractivity contribution in [2.24, 2.45) is 0 Å². The van der Waals surface area contributed by atoms with Crippen LogP contribution >= 0.6 is 0 Å². The molecule has 0 radical (unpaired) electrons. The summed E-state index contributed by atoms with van der Waals surface area (Å²) in [6, 6.07) is 14.3. The predicted molar refractivity (Wildman–Crippen MR) is 81.7 cm³/mol. The number of Topliss-reactive ketones (excluding diaryl/α,β-unsaturated/α-hetero) is 1. The highest BCUT2D eigenvalue weighted by Crippen LogP contribution is 2.24. The largest absolute Gasteiger partial charge is 0.504 e. The Morgan fingerprint density at radius 3 is 2.48 bits per heavy atom. The van der Waals surface area contributed by atoms with Gasteiger partial charge in [0.25, 0.3) is 0 Å². The standard InChI is InChI=1S/C17H19NO3/c1-12(9-13-5-3-2-4-6-13)18-11-17(21)14-7-8-15(19)16(20)10-14/h2-8,10,12,18-20H,9,11H2,1H3/t12-/m0/s1. The maximum Gasteiger partial charge on any atom is 0.176 e. The monoisotopic (exact) mass is 285 g/mol. The zero-order chi connectivity index (χ0) is 15.2. The van der Waals surface area contributed by atoms with Crippen molar-refractivity contribution >= 4 is 5.78 Å². The number of ketones is 1. The minimum absolute atomic E-state index is 0.120. The summed E-state index contributed by atoms with van der Waals surface area (Å²) in [4.78, 5) is 12.0. The van der Waals surface area contributed by atoms with Crippen molar-refractivity contribution in [3.63, 3.8) is 0 Å². The highest BCUT2D eigenvalue weighted by molar-refractivity contribution is 5.98. The van der Waals surface area contributed by atoms with Crippen molar-refractivity contribution in [1.82, 2.24) is 5.32 Å². The Morgan fingerprint density at radius 1 is 1.10 bits per heavy atom. The number of carbonyl (C=O) groups is 1. The highest BCUT2D eigenvalue weighted by atomic mass is 16.3. The molecule has 0 saturated carbocycles. The van der Waals surface area contributed by atoms with Crippen molar-refractivity contribution in [3.8, 4) is 11.5 Å². The lowest BCUT2D eigenvalue weighted by atomic mass is 10.1. The van der Waals surface area contributed by atoms with Crippen LogP contribution in [0.15, 0.2) is 48.5 Å². The number of hydrogen-bond donors (Lipinski definition) is 3. The van der Waals surface area contributed by atoms with Gasteiger partial charge in [-0.05, 0) is 37.1 Å². The van der Waals surface area contributed by atoms with E-state index in [1.807, 2.05) is 25.1 Å². The zero-order valence-corrected chi connectivity index (χ0v) is 11.9. The van der Waals surface area contributed by atoms with E-state index < -0.39 is 0 Å². The van der Waals surface area contributed by atoms with E-state index in [4.69, 9.17) is 0 Å². The van der Waals surface area contributed by atoms with E-state index >= 15 is 0 Å². The Morgan fingerprint density at radius 2 is 1.81 bits per heavy atom. The van der Waals surface area contributed by atoms with Crippen molar-refractivity contribution in [2.45, 2.75) is 19.4 Å². The molecule has 0 saturated heterocycles. The van der Waals surface area contributed by atoms with Crippen molar-refractivity contribution in [1.29, 1.82) is 0 Å². The van der Waals surface area contributed by atoms with Gasteiger partial charge in [0, 0.05) is 11.6 Å². The van der Waals surface area contributed by atoms with Gasteiger partial charge in [0.15, 0.2) is 17.3 Å². The van der Waals surface area contributed by atoms with Gasteiger partial charge in [-0.1, -0.05) is 30.3 Å². The number of hydrogen-bond acceptors (Lipinski definition) is 4. The third kappa shape index (κ3) is 4.33. The molecule has 4 heteroatoms. The normalized spacial score (nSPS) is 12.0. The van der Waals surface area contributed by atoms with Crippen LogP contribution in [0.1, 0.15) is 22.8 Å². The topological polar surface area (TPSA) is 69.6 Å². The van der Waals surface area contributed by atoms with E-state index in [9.17, 15) is 15.0 Å². The number of nitrogens with one attached hydrogen (secondary N) is 1. The molecule has 0 aliphatic rings. The first-order chi connectivity index (χ1) is 10.1. The average Bonchev–Trinajstić information content (AvgIpc) is 2.48. The molecule has 3 N–H and O–H groups in total. The van der Waals surface area contributed by atoms with Crippen LogP contribution in [-0.2, 0) is 6.42 Å². The van der Waals surface area contributed by atoms with E-state index in [-0.39, 0.29) is 29.9 Å². The summed E-state index contributed by atoms with van der Waals surface area (Å²) in [5.74, 6) is -0.625. The van der Waals surface area contributed by atoms with Crippen LogP contribution in [0.2, 0.25) is 0 Å². The first-order valence-corrected chi connectivity index (χ1v) is 6.88. The second-order valence-corrected chi connectivity index (χ2v) is 5.10. The molecule has 0 spiro atoms. The Hall–Kier alpha value is -2.33. The molecule has 0 amide bonds. The highest BCUT2D eigenvalue weighted by Gasteiger charge is 2.10. The number of phenolic OH excluding ortho intramolecular Hbond substituents is 2. The number of carbonyl (C=O) groups excluding carboxylic acids is 1. The molecular weight excluding hydrogens is 266 g/mol. The van der Waals surface area contributed by atoms with Crippen molar-refractivity contribution in [2.75, 3.05) is 6.54 Å². The Bertz CT molecular complexity index is 611. The average molecular weight is 285 g/mol. The minimum atomic E-state index is -0.279. The van der Waals surface area contributed by atoms with Gasteiger partial charge in [0.05, 0.1) is 6.54 Å². The van der Waals surface area contributed by atoms with E-state index in [1.165, 1.54) is 23.8 Å². The molecule has 4 nitrogen and oxygen atoms in total. The van der Waals surface area contributed by atoms with Crippen molar-refractivity contribution in [3.05, 3.63) is 59.7 Å². The number of benzene rings is 2. The molecule has 2 aromatic rings. The summed E-state index contributed by atoms with van der Waals surface area (Å²) < 4.78 is 0. The molecule has 2 aromatic carbocycles. The first-order valence-electron chi connectivity index (χ1n) is 6.88. The molecule has 0 aliphatic heterocycles. The molecule has 2 rings (SSSR count). The maximum absolute atomic E-state index is 12.0. The molecule has 0 aromatic heterocycles. The fraction of sp³-hybridized carbons (Fsp3) is 0.235. The van der Waals surface area contributed by atoms with Gasteiger partial charge in [0.2, 0.25) is 0 Å². The summed E-state index contributed by atoms with van der Waals surface area (Å²) in [6.07, 6.45) is 0.842. The Balaban J connectivity index is 1.87. The van der Waals surface area contributed by atoms with Gasteiger partial charge < -0.3 is 15.5 Å². The summed E-state index contributed by atoms with van der Waals surface area (Å²) in [7, 11) is 0. The van der Waals surface area contributed by atoms with Gasteiger partial charge in [-0.2, -0.15) is 0 Å². The van der Waals surface area contributed by atoms with Crippen LogP contribution < -0.4 is 5.32 Å². The van der Waals surface area contributed by atoms with Crippen LogP contribution in [0, 0.1) is 0 Å². The summed E-state index contributed by atoms with van der Waals surface area (Å²) in [5.41, 5.74) is 1.59. The summed E-state index contributed by atoms with van der Waals surface area (Å²) in [5, 5.41) is 21.8. The van der Waals surface area contributed by atoms with E-state index in [2.05, 4.69) is 17.4 Å². The number of aromatic hydroxyl groups is 2. The van der Waals surface area contributed by atoms with E-state index in [0.29, 0.717) is 5.56 Å². The Kier molecular flexibility index (Phi) is 4.95. The lowest BCUT2D eigenvalue weighted by molar-refractivity contribution is 0.0987. The number of phenols is 2. The molecule has 0 heterocycles. The smallest absolute Gasteiger partial charge is 0.176 e. The molecule has 0 aliphatic carbocycles. The van der Waals surface area contributed by atoms with E-state index in [1.54, 1.807) is 0 Å². The fourth-order valence-electron chi connectivity index (χ4n) is 2.11. The second-order valence-electron chi connectivity index (χ2n) is 5.10. The zero-order valence-electron chi connectivity index (χ0n) is 11.9. The van der Waals surface area contributed by atoms with Gasteiger partial charge in [-0.3, -0.25) is 4.79 Å². The molecule has 21 heavy (non-hydrogen) atoms. The molecule has 0 unspecified atom stereocenters. The second kappa shape index (κ2) is 6.90. The quantitative estimate of drug-likeness (QED) is 0.563. The van der Waals surface area contributed by atoms with Crippen LogP contribution in [0.25, 0.3) is 0 Å². The molecule has 110 valence electrons. The lowest BCUT2D eigenvalue weighted by Gasteiger charge is -2.13. The third-order valence-electron chi connectivity index (χ3n) is 3.29. The van der Waals surface area contributed by atoms with Crippen LogP contribution in [0.4, 0.5) is 0 Å². The molecular formula is C17H19NO3. The number of rotatable bonds is 6. The third-order valence-corrected chi connectivity index (χ3v) is 3.29. The van der Waals surface area contributed by atoms with Crippen LogP contribution in [0.5, 0.6) is 11.5 Å². The molecule has 0 fully saturated rings. The fourth-order valence-corrected chi connectivity index (χ4v) is 2.11. The minimum Gasteiger partial charge on any atom is -0.504 e. The Labute approximate surface area is 124 Å². The summed E-state index contributed by atoms with van der Waals surface area (Å²) in [6.45, 7) is 2.22. The lowest BCUT2D eigenvalue weighted by Crippen LogP contribution is -2.33. The summed E-state index contributed by atoms with van der Waals surface area (Å²) >= 11 is 0. The maximum atomic E-state index is 12.0. The van der Waals surface area contributed by atoms with Gasteiger partial charge in [0.1, 0.15) is 0 Å². The SMILES string of the molecule is C[C@@H](Cc1ccccc1)NCC(=O)c1ccc(O)c(O)c1. The van der Waals surface area contributed by atoms with Crippen LogP contribution in [-0.4, -0.2) is 28.6 Å². The van der Waals surface area contributed by atoms with Gasteiger partial charge in [-0.25, -0.2) is 0 Å².